The molecule has 1 aliphatic rings. The van der Waals surface area contributed by atoms with E-state index < -0.39 is 10.0 Å². The highest BCUT2D eigenvalue weighted by molar-refractivity contribution is 7.91. The minimum atomic E-state index is -3.42. The second kappa shape index (κ2) is 8.37. The Kier molecular flexibility index (Phi) is 6.93. The Labute approximate surface area is 164 Å². The highest BCUT2D eigenvalue weighted by atomic mass is 35.5. The largest absolute Gasteiger partial charge is 0.330 e. The van der Waals surface area contributed by atoms with Gasteiger partial charge in [-0.3, -0.25) is 0 Å². The van der Waals surface area contributed by atoms with E-state index in [-0.39, 0.29) is 23.9 Å². The summed E-state index contributed by atoms with van der Waals surface area (Å²) in [7, 11) is -3.42. The number of nitrogens with one attached hydrogen (secondary N) is 1. The molecule has 4 nitrogen and oxygen atoms in total. The predicted molar refractivity (Wildman–Crippen MR) is 106 cm³/mol. The normalized spacial score (nSPS) is 23.8. The van der Waals surface area contributed by atoms with Gasteiger partial charge in [0.25, 0.3) is 0 Å². The zero-order valence-electron chi connectivity index (χ0n) is 13.7. The number of hydrogen-bond acceptors (Lipinski definition) is 4. The van der Waals surface area contributed by atoms with Gasteiger partial charge in [-0.25, -0.2) is 13.1 Å². The number of hydrogen-bond donors (Lipinski definition) is 2. The molecule has 0 amide bonds. The molecule has 1 aromatic heterocycles. The van der Waals surface area contributed by atoms with Crippen LogP contribution in [0.2, 0.25) is 5.02 Å². The first kappa shape index (κ1) is 20.7. The molecule has 25 heavy (non-hydrogen) atoms. The lowest BCUT2D eigenvalue weighted by molar-refractivity contribution is 0.267. The molecule has 0 unspecified atom stereocenters. The molecule has 1 aliphatic carbocycles. The molecule has 1 heterocycles. The van der Waals surface area contributed by atoms with Crippen LogP contribution in [-0.2, 0) is 15.4 Å². The summed E-state index contributed by atoms with van der Waals surface area (Å²) in [6, 6.07) is 11.2. The molecule has 138 valence electrons. The van der Waals surface area contributed by atoms with E-state index in [4.69, 9.17) is 17.3 Å². The van der Waals surface area contributed by atoms with Crippen LogP contribution in [0.5, 0.6) is 0 Å². The fourth-order valence-corrected chi connectivity index (χ4v) is 5.92. The lowest BCUT2D eigenvalue weighted by Crippen LogP contribution is -2.45. The summed E-state index contributed by atoms with van der Waals surface area (Å²) in [4.78, 5) is 0. The van der Waals surface area contributed by atoms with Crippen LogP contribution in [-0.4, -0.2) is 21.0 Å². The molecule has 2 aromatic rings. The average molecular weight is 421 g/mol. The number of nitrogens with two attached hydrogens (primary N) is 1. The van der Waals surface area contributed by atoms with Crippen molar-refractivity contribution in [3.8, 4) is 0 Å². The highest BCUT2D eigenvalue weighted by Crippen LogP contribution is 2.39. The van der Waals surface area contributed by atoms with E-state index in [0.29, 0.717) is 15.8 Å². The minimum absolute atomic E-state index is 0. The van der Waals surface area contributed by atoms with Crippen LogP contribution in [0.1, 0.15) is 31.2 Å². The summed E-state index contributed by atoms with van der Waals surface area (Å²) >= 11 is 7.36. The maximum atomic E-state index is 12.4. The monoisotopic (exact) mass is 420 g/mol. The Morgan fingerprint density at radius 2 is 1.96 bits per heavy atom. The van der Waals surface area contributed by atoms with Gasteiger partial charge in [0, 0.05) is 23.0 Å². The smallest absolute Gasteiger partial charge is 0.250 e. The van der Waals surface area contributed by atoms with Gasteiger partial charge >= 0.3 is 0 Å². The third kappa shape index (κ3) is 4.56. The van der Waals surface area contributed by atoms with E-state index in [2.05, 4.69) is 10.8 Å². The molecule has 0 spiro atoms. The predicted octanol–water partition coefficient (Wildman–Crippen LogP) is 3.94. The molecule has 0 bridgehead atoms. The van der Waals surface area contributed by atoms with Crippen molar-refractivity contribution >= 4 is 45.4 Å². The summed E-state index contributed by atoms with van der Waals surface area (Å²) in [6.07, 6.45) is 3.24. The Morgan fingerprint density at radius 3 is 2.52 bits per heavy atom. The molecule has 8 heteroatoms. The zero-order valence-corrected chi connectivity index (χ0v) is 16.9. The fourth-order valence-electron chi connectivity index (χ4n) is 3.41. The molecule has 1 fully saturated rings. The van der Waals surface area contributed by atoms with Crippen molar-refractivity contribution in [1.29, 1.82) is 0 Å². The van der Waals surface area contributed by atoms with Crippen molar-refractivity contribution in [3.05, 3.63) is 52.4 Å². The van der Waals surface area contributed by atoms with Crippen molar-refractivity contribution in [2.45, 2.75) is 41.3 Å². The first-order valence-corrected chi connectivity index (χ1v) is 10.7. The zero-order chi connectivity index (χ0) is 17.2. The molecule has 3 rings (SSSR count). The molecular weight excluding hydrogens is 399 g/mol. The SMILES string of the molecule is Cl.NCC1(c2cccc(Cl)c2)CCC(NS(=O)(=O)c2cccs2)CC1. The highest BCUT2D eigenvalue weighted by Gasteiger charge is 2.37. The lowest BCUT2D eigenvalue weighted by Gasteiger charge is -2.40. The Bertz CT molecular complexity index is 787. The van der Waals surface area contributed by atoms with Crippen molar-refractivity contribution in [2.24, 2.45) is 5.73 Å². The van der Waals surface area contributed by atoms with Crippen LogP contribution < -0.4 is 10.5 Å². The van der Waals surface area contributed by atoms with Crippen LogP contribution in [0.25, 0.3) is 0 Å². The maximum Gasteiger partial charge on any atom is 0.250 e. The van der Waals surface area contributed by atoms with Gasteiger partial charge in [-0.05, 0) is 54.8 Å². The molecule has 0 atom stereocenters. The third-order valence-electron chi connectivity index (χ3n) is 4.85. The number of sulfonamides is 1. The Balaban J connectivity index is 0.00000225. The molecule has 3 N–H and O–H groups in total. The number of rotatable bonds is 5. The number of thiophene rings is 1. The van der Waals surface area contributed by atoms with Crippen LogP contribution in [0.4, 0.5) is 0 Å². The fraction of sp³-hybridized carbons (Fsp3) is 0.412. The summed E-state index contributed by atoms with van der Waals surface area (Å²) in [5.41, 5.74) is 7.12. The van der Waals surface area contributed by atoms with Gasteiger partial charge in [0.1, 0.15) is 4.21 Å². The van der Waals surface area contributed by atoms with Gasteiger partial charge in [0.15, 0.2) is 0 Å². The van der Waals surface area contributed by atoms with Crippen LogP contribution >= 0.6 is 35.3 Å². The second-order valence-corrected chi connectivity index (χ2v) is 9.65. The van der Waals surface area contributed by atoms with Crippen molar-refractivity contribution in [2.75, 3.05) is 6.54 Å². The van der Waals surface area contributed by atoms with Crippen LogP contribution in [0, 0.1) is 0 Å². The number of halogens is 2. The van der Waals surface area contributed by atoms with Gasteiger partial charge in [0.2, 0.25) is 10.0 Å². The Hall–Kier alpha value is -0.630. The van der Waals surface area contributed by atoms with Crippen molar-refractivity contribution in [1.82, 2.24) is 4.72 Å². The minimum Gasteiger partial charge on any atom is -0.330 e. The van der Waals surface area contributed by atoms with Gasteiger partial charge in [-0.1, -0.05) is 29.8 Å². The van der Waals surface area contributed by atoms with E-state index in [9.17, 15) is 8.42 Å². The van der Waals surface area contributed by atoms with E-state index >= 15 is 0 Å². The van der Waals surface area contributed by atoms with E-state index in [1.165, 1.54) is 11.3 Å². The van der Waals surface area contributed by atoms with Crippen molar-refractivity contribution in [3.63, 3.8) is 0 Å². The summed E-state index contributed by atoms with van der Waals surface area (Å²) < 4.78 is 27.9. The maximum absolute atomic E-state index is 12.4. The second-order valence-electron chi connectivity index (χ2n) is 6.32. The van der Waals surface area contributed by atoms with E-state index in [1.54, 1.807) is 17.5 Å². The van der Waals surface area contributed by atoms with Crippen LogP contribution in [0.3, 0.4) is 0 Å². The number of benzene rings is 1. The molecule has 0 saturated heterocycles. The van der Waals surface area contributed by atoms with E-state index in [1.807, 2.05) is 18.2 Å². The van der Waals surface area contributed by atoms with Gasteiger partial charge < -0.3 is 5.73 Å². The lowest BCUT2D eigenvalue weighted by atomic mass is 9.68. The first-order valence-electron chi connectivity index (χ1n) is 7.97. The van der Waals surface area contributed by atoms with Gasteiger partial charge in [-0.2, -0.15) is 0 Å². The average Bonchev–Trinajstić information content (AvgIpc) is 3.11. The topological polar surface area (TPSA) is 72.2 Å². The molecule has 0 aliphatic heterocycles. The summed E-state index contributed by atoms with van der Waals surface area (Å²) in [5.74, 6) is 0. The summed E-state index contributed by atoms with van der Waals surface area (Å²) in [5, 5.41) is 2.48. The van der Waals surface area contributed by atoms with Crippen LogP contribution in [0.15, 0.2) is 46.0 Å². The molecule has 1 saturated carbocycles. The standard InChI is InChI=1S/C17H21ClN2O2S2.ClH/c18-14-4-1-3-13(11-14)17(12-19)8-6-15(7-9-17)20-24(21,22)16-5-2-10-23-16;/h1-5,10-11,15,20H,6-9,12,19H2;1H. The molecule has 0 radical (unpaired) electrons. The quantitative estimate of drug-likeness (QED) is 0.768. The summed E-state index contributed by atoms with van der Waals surface area (Å²) in [6.45, 7) is 0.539. The molecular formula is C17H22Cl2N2O2S2. The first-order chi connectivity index (χ1) is 11.5. The Morgan fingerprint density at radius 1 is 1.24 bits per heavy atom. The van der Waals surface area contributed by atoms with E-state index in [0.717, 1.165) is 31.2 Å². The molecule has 1 aromatic carbocycles. The third-order valence-corrected chi connectivity index (χ3v) is 8.01. The van der Waals surface area contributed by atoms with Gasteiger partial charge in [0.05, 0.1) is 0 Å². The van der Waals surface area contributed by atoms with Gasteiger partial charge in [-0.15, -0.1) is 23.7 Å². The van der Waals surface area contributed by atoms with Crippen molar-refractivity contribution < 1.29 is 8.42 Å².